The zero-order valence-electron chi connectivity index (χ0n) is 8.70. The van der Waals surface area contributed by atoms with Crippen molar-refractivity contribution in [3.05, 3.63) is 16.9 Å². The number of rotatable bonds is 5. The number of thiol groups is 1. The van der Waals surface area contributed by atoms with Gasteiger partial charge in [0.05, 0.1) is 10.7 Å². The Balaban J connectivity index is 2.57. The van der Waals surface area contributed by atoms with E-state index in [2.05, 4.69) is 24.7 Å². The fourth-order valence-corrected chi connectivity index (χ4v) is 1.95. The summed E-state index contributed by atoms with van der Waals surface area (Å²) in [5.41, 5.74) is 0.904. The lowest BCUT2D eigenvalue weighted by atomic mass is 10.1. The van der Waals surface area contributed by atoms with Crippen molar-refractivity contribution in [3.63, 3.8) is 0 Å². The maximum Gasteiger partial charge on any atom is 0.0814 e. The summed E-state index contributed by atoms with van der Waals surface area (Å²) in [6, 6.07) is 0. The van der Waals surface area contributed by atoms with Gasteiger partial charge in [-0.15, -0.1) is 0 Å². The molecule has 0 bridgehead atoms. The second kappa shape index (κ2) is 5.66. The first-order chi connectivity index (χ1) is 6.67. The average Bonchev–Trinajstić information content (AvgIpc) is 2.45. The minimum Gasteiger partial charge on any atom is -0.271 e. The zero-order valence-corrected chi connectivity index (χ0v) is 10.4. The molecule has 0 saturated carbocycles. The normalized spacial score (nSPS) is 13.1. The van der Waals surface area contributed by atoms with Crippen LogP contribution in [0, 0.1) is 12.8 Å². The maximum absolute atomic E-state index is 5.93. The van der Waals surface area contributed by atoms with E-state index >= 15 is 0 Å². The summed E-state index contributed by atoms with van der Waals surface area (Å²) in [7, 11) is 0. The van der Waals surface area contributed by atoms with Crippen LogP contribution in [0.4, 0.5) is 0 Å². The van der Waals surface area contributed by atoms with Crippen LogP contribution in [0.15, 0.2) is 6.20 Å². The van der Waals surface area contributed by atoms with Gasteiger partial charge in [-0.05, 0) is 25.0 Å². The molecule has 1 unspecified atom stereocenters. The molecule has 1 atom stereocenters. The molecule has 1 heterocycles. The molecule has 1 rings (SSSR count). The van der Waals surface area contributed by atoms with E-state index in [4.69, 9.17) is 11.6 Å². The second-order valence-corrected chi connectivity index (χ2v) is 4.39. The third-order valence-corrected chi connectivity index (χ3v) is 3.17. The monoisotopic (exact) mass is 232 g/mol. The van der Waals surface area contributed by atoms with Gasteiger partial charge >= 0.3 is 0 Å². The van der Waals surface area contributed by atoms with Gasteiger partial charge in [0, 0.05) is 12.7 Å². The van der Waals surface area contributed by atoms with Gasteiger partial charge in [0.25, 0.3) is 0 Å². The van der Waals surface area contributed by atoms with Crippen molar-refractivity contribution in [1.82, 2.24) is 9.78 Å². The third kappa shape index (κ3) is 3.21. The summed E-state index contributed by atoms with van der Waals surface area (Å²) in [6.45, 7) is 5.04. The Morgan fingerprint density at radius 2 is 2.36 bits per heavy atom. The topological polar surface area (TPSA) is 17.8 Å². The van der Waals surface area contributed by atoms with Crippen LogP contribution in [-0.4, -0.2) is 15.5 Å². The summed E-state index contributed by atoms with van der Waals surface area (Å²) >= 11 is 10.3. The highest BCUT2D eigenvalue weighted by molar-refractivity contribution is 7.80. The molecule has 0 amide bonds. The van der Waals surface area contributed by atoms with Crippen LogP contribution in [0.2, 0.25) is 5.02 Å². The van der Waals surface area contributed by atoms with E-state index in [1.807, 2.05) is 17.8 Å². The van der Waals surface area contributed by atoms with Gasteiger partial charge in [-0.2, -0.15) is 17.7 Å². The summed E-state index contributed by atoms with van der Waals surface area (Å²) in [5.74, 6) is 1.50. The molecule has 0 saturated heterocycles. The molecule has 1 aromatic heterocycles. The largest absolute Gasteiger partial charge is 0.271 e. The van der Waals surface area contributed by atoms with Crippen LogP contribution in [0.3, 0.4) is 0 Å². The predicted molar refractivity (Wildman–Crippen MR) is 64.2 cm³/mol. The molecule has 0 N–H and O–H groups in total. The van der Waals surface area contributed by atoms with Gasteiger partial charge in [0.15, 0.2) is 0 Å². The van der Waals surface area contributed by atoms with Crippen LogP contribution >= 0.6 is 24.2 Å². The molecule has 1 aromatic rings. The first kappa shape index (κ1) is 11.9. The molecule has 0 fully saturated rings. The first-order valence-electron chi connectivity index (χ1n) is 4.97. The van der Waals surface area contributed by atoms with Crippen molar-refractivity contribution in [2.45, 2.75) is 33.2 Å². The van der Waals surface area contributed by atoms with Gasteiger partial charge in [0.2, 0.25) is 0 Å². The molecular weight excluding hydrogens is 216 g/mol. The Morgan fingerprint density at radius 3 is 2.79 bits per heavy atom. The number of nitrogens with zero attached hydrogens (tertiary/aromatic N) is 2. The highest BCUT2D eigenvalue weighted by Crippen LogP contribution is 2.15. The van der Waals surface area contributed by atoms with Crippen molar-refractivity contribution >= 4 is 24.2 Å². The fourth-order valence-electron chi connectivity index (χ4n) is 1.50. The lowest BCUT2D eigenvalue weighted by Gasteiger charge is -2.12. The van der Waals surface area contributed by atoms with Crippen LogP contribution in [0.1, 0.15) is 25.5 Å². The number of hydrogen-bond acceptors (Lipinski definition) is 2. The smallest absolute Gasteiger partial charge is 0.0814 e. The number of aryl methyl sites for hydroxylation is 1. The summed E-state index contributed by atoms with van der Waals surface area (Å²) in [4.78, 5) is 0. The summed E-state index contributed by atoms with van der Waals surface area (Å²) in [6.07, 6.45) is 4.28. The van der Waals surface area contributed by atoms with Gasteiger partial charge in [-0.3, -0.25) is 4.68 Å². The van der Waals surface area contributed by atoms with E-state index in [-0.39, 0.29) is 0 Å². The molecule has 0 aromatic carbocycles. The zero-order chi connectivity index (χ0) is 10.6. The average molecular weight is 233 g/mol. The van der Waals surface area contributed by atoms with Crippen molar-refractivity contribution in [2.24, 2.45) is 5.92 Å². The lowest BCUT2D eigenvalue weighted by molar-refractivity contribution is 0.426. The van der Waals surface area contributed by atoms with Crippen LogP contribution < -0.4 is 0 Å². The molecule has 0 spiro atoms. The number of aromatic nitrogens is 2. The number of hydrogen-bond donors (Lipinski definition) is 1. The Morgan fingerprint density at radius 1 is 1.64 bits per heavy atom. The minimum atomic E-state index is 0.596. The van der Waals surface area contributed by atoms with Crippen molar-refractivity contribution in [1.29, 1.82) is 0 Å². The summed E-state index contributed by atoms with van der Waals surface area (Å²) in [5, 5.41) is 5.08. The summed E-state index contributed by atoms with van der Waals surface area (Å²) < 4.78 is 1.92. The molecule has 0 aliphatic heterocycles. The second-order valence-electron chi connectivity index (χ2n) is 3.62. The van der Waals surface area contributed by atoms with Crippen molar-refractivity contribution in [2.75, 3.05) is 5.75 Å². The number of halogens is 1. The van der Waals surface area contributed by atoms with Crippen LogP contribution in [0.25, 0.3) is 0 Å². The SMILES string of the molecule is CCCC(CS)Cn1cc(Cl)c(C)n1. The lowest BCUT2D eigenvalue weighted by Crippen LogP contribution is -2.12. The first-order valence-corrected chi connectivity index (χ1v) is 5.98. The van der Waals surface area contributed by atoms with E-state index in [9.17, 15) is 0 Å². The standard InChI is InChI=1S/C10H17ClN2S/c1-3-4-9(7-14)5-13-6-10(11)8(2)12-13/h6,9,14H,3-5,7H2,1-2H3. The molecule has 0 aliphatic rings. The highest BCUT2D eigenvalue weighted by Gasteiger charge is 2.08. The molecule has 80 valence electrons. The fraction of sp³-hybridized carbons (Fsp3) is 0.700. The molecular formula is C10H17ClN2S. The highest BCUT2D eigenvalue weighted by atomic mass is 35.5. The molecule has 0 aliphatic carbocycles. The van der Waals surface area contributed by atoms with Gasteiger partial charge in [-0.25, -0.2) is 0 Å². The van der Waals surface area contributed by atoms with Gasteiger partial charge in [0.1, 0.15) is 0 Å². The quantitative estimate of drug-likeness (QED) is 0.772. The molecule has 14 heavy (non-hydrogen) atoms. The van der Waals surface area contributed by atoms with Crippen LogP contribution in [-0.2, 0) is 6.54 Å². The Hall–Kier alpha value is -0.150. The van der Waals surface area contributed by atoms with Gasteiger partial charge < -0.3 is 0 Å². The molecule has 4 heteroatoms. The minimum absolute atomic E-state index is 0.596. The molecule has 0 radical (unpaired) electrons. The third-order valence-electron chi connectivity index (χ3n) is 2.29. The predicted octanol–water partition coefficient (Wildman–Crippen LogP) is 3.19. The van der Waals surface area contributed by atoms with Crippen molar-refractivity contribution < 1.29 is 0 Å². The maximum atomic E-state index is 5.93. The van der Waals surface area contributed by atoms with Gasteiger partial charge in [-0.1, -0.05) is 24.9 Å². The Kier molecular flexibility index (Phi) is 4.82. The van der Waals surface area contributed by atoms with Crippen LogP contribution in [0.5, 0.6) is 0 Å². The van der Waals surface area contributed by atoms with E-state index < -0.39 is 0 Å². The Labute approximate surface area is 96.1 Å². The van der Waals surface area contributed by atoms with E-state index in [1.54, 1.807) is 0 Å². The Bertz CT molecular complexity index is 266. The van der Waals surface area contributed by atoms with Crippen molar-refractivity contribution in [3.8, 4) is 0 Å². The van der Waals surface area contributed by atoms with E-state index in [0.29, 0.717) is 5.92 Å². The van der Waals surface area contributed by atoms with E-state index in [0.717, 1.165) is 23.0 Å². The molecule has 2 nitrogen and oxygen atoms in total. The van der Waals surface area contributed by atoms with E-state index in [1.165, 1.54) is 12.8 Å².